The Hall–Kier alpha value is -1.59. The predicted molar refractivity (Wildman–Crippen MR) is 99.8 cm³/mol. The molecule has 0 aromatic heterocycles. The lowest BCUT2D eigenvalue weighted by molar-refractivity contribution is -0.134. The fourth-order valence-electron chi connectivity index (χ4n) is 4.16. The number of piperidine rings is 1. The smallest absolute Gasteiger partial charge is 0.225 e. The Labute approximate surface area is 151 Å². The number of likely N-dealkylation sites (N-methyl/N-ethyl adjacent to an activating group) is 2. The van der Waals surface area contributed by atoms with E-state index in [9.17, 15) is 4.79 Å². The number of hydrogen-bond donors (Lipinski definition) is 0. The molecular weight excluding hydrogens is 314 g/mol. The van der Waals surface area contributed by atoms with Crippen LogP contribution in [0.5, 0.6) is 5.75 Å². The number of amides is 1. The van der Waals surface area contributed by atoms with Gasteiger partial charge in [0.1, 0.15) is 5.75 Å². The maximum absolute atomic E-state index is 12.5. The topological polar surface area (TPSA) is 36.0 Å². The molecule has 1 spiro atoms. The summed E-state index contributed by atoms with van der Waals surface area (Å²) in [6, 6.07) is 9.70. The quantitative estimate of drug-likeness (QED) is 0.837. The van der Waals surface area contributed by atoms with Crippen LogP contribution in [0.15, 0.2) is 30.3 Å². The number of carbonyl (C=O) groups excluding carboxylic acids is 1. The van der Waals surface area contributed by atoms with Crippen molar-refractivity contribution in [3.05, 3.63) is 30.3 Å². The first-order chi connectivity index (χ1) is 12.1. The van der Waals surface area contributed by atoms with Gasteiger partial charge in [-0.1, -0.05) is 18.2 Å². The van der Waals surface area contributed by atoms with Crippen molar-refractivity contribution < 1.29 is 9.53 Å². The van der Waals surface area contributed by atoms with E-state index in [2.05, 4.69) is 23.9 Å². The molecule has 5 heteroatoms. The summed E-state index contributed by atoms with van der Waals surface area (Å²) in [7, 11) is 4.48. The van der Waals surface area contributed by atoms with Crippen LogP contribution in [-0.2, 0) is 4.79 Å². The Bertz CT molecular complexity index is 555. The predicted octanol–water partition coefficient (Wildman–Crippen LogP) is 2.08. The summed E-state index contributed by atoms with van der Waals surface area (Å²) in [5, 5.41) is 0. The first kappa shape index (κ1) is 18.2. The third-order valence-electron chi connectivity index (χ3n) is 5.78. The first-order valence-electron chi connectivity index (χ1n) is 9.44. The van der Waals surface area contributed by atoms with Crippen LogP contribution in [0, 0.1) is 0 Å². The number of para-hydroxylation sites is 1. The van der Waals surface area contributed by atoms with Gasteiger partial charge < -0.3 is 14.5 Å². The minimum atomic E-state index is 0.218. The molecule has 0 N–H and O–H groups in total. The van der Waals surface area contributed by atoms with Crippen LogP contribution in [0.4, 0.5) is 0 Å². The summed E-state index contributed by atoms with van der Waals surface area (Å²) in [5.41, 5.74) is 0.239. The molecule has 5 nitrogen and oxygen atoms in total. The molecule has 0 unspecified atom stereocenters. The number of hydrogen-bond acceptors (Lipinski definition) is 4. The highest BCUT2D eigenvalue weighted by atomic mass is 16.5. The van der Waals surface area contributed by atoms with Crippen LogP contribution in [0.1, 0.15) is 25.7 Å². The van der Waals surface area contributed by atoms with Crippen LogP contribution < -0.4 is 4.74 Å². The lowest BCUT2D eigenvalue weighted by atomic mass is 9.85. The van der Waals surface area contributed by atoms with Gasteiger partial charge in [0, 0.05) is 25.2 Å². The molecule has 2 aliphatic rings. The zero-order valence-corrected chi connectivity index (χ0v) is 15.6. The lowest BCUT2D eigenvalue weighted by Gasteiger charge is -2.47. The molecule has 3 rings (SSSR count). The van der Waals surface area contributed by atoms with Gasteiger partial charge in [0.2, 0.25) is 5.91 Å². The van der Waals surface area contributed by atoms with Crippen LogP contribution in [0.3, 0.4) is 0 Å². The van der Waals surface area contributed by atoms with Crippen molar-refractivity contribution in [2.45, 2.75) is 31.2 Å². The van der Waals surface area contributed by atoms with Crippen molar-refractivity contribution in [1.82, 2.24) is 14.7 Å². The summed E-state index contributed by atoms with van der Waals surface area (Å²) < 4.78 is 5.66. The van der Waals surface area contributed by atoms with E-state index in [0.717, 1.165) is 44.8 Å². The highest BCUT2D eigenvalue weighted by molar-refractivity contribution is 5.76. The fraction of sp³-hybridized carbons (Fsp3) is 0.650. The van der Waals surface area contributed by atoms with Crippen LogP contribution in [-0.4, -0.2) is 79.6 Å². The third-order valence-corrected chi connectivity index (χ3v) is 5.78. The molecule has 0 radical (unpaired) electrons. The summed E-state index contributed by atoms with van der Waals surface area (Å²) in [5.74, 6) is 1.05. The van der Waals surface area contributed by atoms with Gasteiger partial charge in [-0.2, -0.15) is 0 Å². The van der Waals surface area contributed by atoms with Crippen molar-refractivity contribution in [3.8, 4) is 5.75 Å². The van der Waals surface area contributed by atoms with E-state index >= 15 is 0 Å². The normalized spacial score (nSPS) is 21.9. The Kier molecular flexibility index (Phi) is 5.97. The average molecular weight is 345 g/mol. The monoisotopic (exact) mass is 345 g/mol. The number of ether oxygens (including phenoxy) is 1. The van der Waals surface area contributed by atoms with E-state index in [4.69, 9.17) is 4.74 Å². The van der Waals surface area contributed by atoms with E-state index in [-0.39, 0.29) is 11.4 Å². The van der Waals surface area contributed by atoms with E-state index in [1.54, 1.807) is 0 Å². The highest BCUT2D eigenvalue weighted by Gasteiger charge is 2.40. The molecule has 1 aromatic carbocycles. The van der Waals surface area contributed by atoms with Crippen LogP contribution in [0.2, 0.25) is 0 Å². The molecule has 0 bridgehead atoms. The van der Waals surface area contributed by atoms with Crippen molar-refractivity contribution in [2.24, 2.45) is 0 Å². The molecule has 138 valence electrons. The van der Waals surface area contributed by atoms with Crippen molar-refractivity contribution >= 4 is 5.91 Å². The van der Waals surface area contributed by atoms with Gasteiger partial charge >= 0.3 is 0 Å². The standard InChI is InChI=1S/C20H31N3O2/c1-21-12-6-13-22(2)20(17-21)10-14-23(15-11-20)19(24)9-16-25-18-7-4-3-5-8-18/h3-5,7-8H,6,9-17H2,1-2H3. The van der Waals surface area contributed by atoms with Crippen molar-refractivity contribution in [1.29, 1.82) is 0 Å². The Morgan fingerprint density at radius 3 is 2.52 bits per heavy atom. The molecule has 0 atom stereocenters. The average Bonchev–Trinajstić information content (AvgIpc) is 2.75. The minimum absolute atomic E-state index is 0.218. The molecule has 0 saturated carbocycles. The maximum Gasteiger partial charge on any atom is 0.225 e. The second kappa shape index (κ2) is 8.19. The minimum Gasteiger partial charge on any atom is -0.493 e. The number of carbonyl (C=O) groups is 1. The second-order valence-corrected chi connectivity index (χ2v) is 7.53. The number of benzene rings is 1. The third kappa shape index (κ3) is 4.53. The molecule has 2 aliphatic heterocycles. The summed E-state index contributed by atoms with van der Waals surface area (Å²) >= 11 is 0. The van der Waals surface area contributed by atoms with Gasteiger partial charge in [0.15, 0.2) is 0 Å². The fourth-order valence-corrected chi connectivity index (χ4v) is 4.16. The number of likely N-dealkylation sites (tertiary alicyclic amines) is 1. The zero-order chi connectivity index (χ0) is 17.7. The van der Waals surface area contributed by atoms with Gasteiger partial charge in [0.05, 0.1) is 13.0 Å². The van der Waals surface area contributed by atoms with Gasteiger partial charge in [0.25, 0.3) is 0 Å². The first-order valence-corrected chi connectivity index (χ1v) is 9.44. The van der Waals surface area contributed by atoms with Gasteiger partial charge in [-0.15, -0.1) is 0 Å². The van der Waals surface area contributed by atoms with E-state index in [0.29, 0.717) is 13.0 Å². The zero-order valence-electron chi connectivity index (χ0n) is 15.6. The SMILES string of the molecule is CN1CCCN(C)C2(CCN(C(=O)CCOc3ccccc3)CC2)C1. The summed E-state index contributed by atoms with van der Waals surface area (Å²) in [4.78, 5) is 19.5. The van der Waals surface area contributed by atoms with Gasteiger partial charge in [-0.25, -0.2) is 0 Å². The van der Waals surface area contributed by atoms with Gasteiger partial charge in [-0.05, 0) is 58.6 Å². The molecule has 1 amide bonds. The van der Waals surface area contributed by atoms with Crippen LogP contribution in [0.25, 0.3) is 0 Å². The molecule has 2 saturated heterocycles. The van der Waals surface area contributed by atoms with Crippen molar-refractivity contribution in [2.75, 3.05) is 53.4 Å². The van der Waals surface area contributed by atoms with Gasteiger partial charge in [-0.3, -0.25) is 9.69 Å². The molecule has 2 fully saturated rings. The largest absolute Gasteiger partial charge is 0.493 e. The van der Waals surface area contributed by atoms with E-state index < -0.39 is 0 Å². The van der Waals surface area contributed by atoms with E-state index in [1.165, 1.54) is 13.0 Å². The summed E-state index contributed by atoms with van der Waals surface area (Å²) in [6.45, 7) is 5.62. The molecule has 1 aromatic rings. The summed E-state index contributed by atoms with van der Waals surface area (Å²) in [6.07, 6.45) is 3.82. The van der Waals surface area contributed by atoms with E-state index in [1.807, 2.05) is 35.2 Å². The molecule has 0 aliphatic carbocycles. The second-order valence-electron chi connectivity index (χ2n) is 7.53. The Morgan fingerprint density at radius 1 is 1.08 bits per heavy atom. The number of nitrogens with zero attached hydrogens (tertiary/aromatic N) is 3. The molecule has 25 heavy (non-hydrogen) atoms. The van der Waals surface area contributed by atoms with Crippen LogP contribution >= 0.6 is 0 Å². The van der Waals surface area contributed by atoms with Crippen molar-refractivity contribution in [3.63, 3.8) is 0 Å². The maximum atomic E-state index is 12.5. The lowest BCUT2D eigenvalue weighted by Crippen LogP contribution is -2.58. The Morgan fingerprint density at radius 2 is 1.80 bits per heavy atom. The number of rotatable bonds is 4. The highest BCUT2D eigenvalue weighted by Crippen LogP contribution is 2.31. The molecular formula is C20H31N3O2. The molecule has 2 heterocycles. The Balaban J connectivity index is 1.47.